The van der Waals surface area contributed by atoms with Crippen LogP contribution in [0, 0.1) is 5.92 Å². The third kappa shape index (κ3) is 5.41. The van der Waals surface area contributed by atoms with Crippen LogP contribution in [-0.4, -0.2) is 23.5 Å². The van der Waals surface area contributed by atoms with Gasteiger partial charge in [0.15, 0.2) is 0 Å². The topological polar surface area (TPSA) is 18.5 Å². The maximum absolute atomic E-state index is 5.21. The molecule has 0 amide bonds. The molecule has 0 fully saturated rings. The smallest absolute Gasteiger partial charge is 0.320 e. The van der Waals surface area contributed by atoms with E-state index in [1.807, 2.05) is 0 Å². The second kappa shape index (κ2) is 6.82. The van der Waals surface area contributed by atoms with Gasteiger partial charge in [0.25, 0.3) is 0 Å². The monoisotopic (exact) mass is 176 g/mol. The van der Waals surface area contributed by atoms with Crippen molar-refractivity contribution in [3.63, 3.8) is 0 Å². The van der Waals surface area contributed by atoms with Crippen molar-refractivity contribution in [1.82, 2.24) is 0 Å². The summed E-state index contributed by atoms with van der Waals surface area (Å²) < 4.78 is 10.4. The fourth-order valence-corrected chi connectivity index (χ4v) is 2.46. The van der Waals surface area contributed by atoms with Crippen molar-refractivity contribution in [3.8, 4) is 0 Å². The molecule has 0 aliphatic rings. The summed E-state index contributed by atoms with van der Waals surface area (Å²) in [6.45, 7) is 4.50. The zero-order chi connectivity index (χ0) is 8.69. The van der Waals surface area contributed by atoms with E-state index in [4.69, 9.17) is 8.85 Å². The van der Waals surface area contributed by atoms with Gasteiger partial charge in [0.1, 0.15) is 0 Å². The third-order valence-corrected chi connectivity index (χ3v) is 3.97. The molecule has 0 aromatic carbocycles. The summed E-state index contributed by atoms with van der Waals surface area (Å²) in [6.07, 6.45) is 2.50. The van der Waals surface area contributed by atoms with Gasteiger partial charge in [-0.15, -0.1) is 0 Å². The van der Waals surface area contributed by atoms with E-state index >= 15 is 0 Å². The molecule has 0 N–H and O–H groups in total. The molecule has 68 valence electrons. The van der Waals surface area contributed by atoms with Gasteiger partial charge in [0.2, 0.25) is 0 Å². The molecule has 0 saturated carbocycles. The van der Waals surface area contributed by atoms with Crippen LogP contribution in [0.5, 0.6) is 0 Å². The van der Waals surface area contributed by atoms with Crippen LogP contribution < -0.4 is 0 Å². The lowest BCUT2D eigenvalue weighted by atomic mass is 10.1. The Kier molecular flexibility index (Phi) is 6.91. The molecular formula is C8H20O2Si. The molecule has 0 saturated heterocycles. The normalized spacial score (nSPS) is 13.9. The highest BCUT2D eigenvalue weighted by molar-refractivity contribution is 6.44. The largest absolute Gasteiger partial charge is 0.400 e. The van der Waals surface area contributed by atoms with Crippen LogP contribution in [0.3, 0.4) is 0 Å². The van der Waals surface area contributed by atoms with Crippen molar-refractivity contribution in [2.24, 2.45) is 5.92 Å². The van der Waals surface area contributed by atoms with Crippen molar-refractivity contribution in [3.05, 3.63) is 0 Å². The molecule has 11 heavy (non-hydrogen) atoms. The second-order valence-electron chi connectivity index (χ2n) is 2.99. The molecule has 0 aromatic heterocycles. The number of hydrogen-bond acceptors (Lipinski definition) is 2. The van der Waals surface area contributed by atoms with Gasteiger partial charge < -0.3 is 8.85 Å². The zero-order valence-corrected chi connectivity index (χ0v) is 9.25. The lowest BCUT2D eigenvalue weighted by Gasteiger charge is -2.13. The first kappa shape index (κ1) is 11.1. The first-order valence-electron chi connectivity index (χ1n) is 4.30. The van der Waals surface area contributed by atoms with Crippen molar-refractivity contribution in [2.75, 3.05) is 14.2 Å². The molecular weight excluding hydrogens is 156 g/mol. The number of hydrogen-bond donors (Lipinski definition) is 0. The zero-order valence-electron chi connectivity index (χ0n) is 8.09. The van der Waals surface area contributed by atoms with Gasteiger partial charge in [-0.2, -0.15) is 0 Å². The Morgan fingerprint density at radius 1 is 1.27 bits per heavy atom. The van der Waals surface area contributed by atoms with E-state index in [-0.39, 0.29) is 0 Å². The summed E-state index contributed by atoms with van der Waals surface area (Å²) in [5.74, 6) is 0.815. The summed E-state index contributed by atoms with van der Waals surface area (Å²) in [6, 6.07) is 1.14. The number of rotatable bonds is 6. The third-order valence-electron chi connectivity index (χ3n) is 2.12. The first-order valence-corrected chi connectivity index (χ1v) is 6.06. The van der Waals surface area contributed by atoms with Gasteiger partial charge in [0, 0.05) is 14.2 Å². The van der Waals surface area contributed by atoms with Crippen LogP contribution in [-0.2, 0) is 8.85 Å². The van der Waals surface area contributed by atoms with E-state index in [1.165, 1.54) is 12.8 Å². The molecule has 0 bridgehead atoms. The van der Waals surface area contributed by atoms with E-state index in [0.29, 0.717) is 0 Å². The van der Waals surface area contributed by atoms with Gasteiger partial charge in [-0.3, -0.25) is 0 Å². The predicted molar refractivity (Wildman–Crippen MR) is 50.0 cm³/mol. The minimum Gasteiger partial charge on any atom is -0.400 e. The maximum Gasteiger partial charge on any atom is 0.320 e. The average molecular weight is 176 g/mol. The molecule has 0 rings (SSSR count). The Morgan fingerprint density at radius 3 is 2.18 bits per heavy atom. The van der Waals surface area contributed by atoms with Crippen molar-refractivity contribution in [1.29, 1.82) is 0 Å². The van der Waals surface area contributed by atoms with Crippen LogP contribution in [0.2, 0.25) is 6.04 Å². The summed E-state index contributed by atoms with van der Waals surface area (Å²) in [5, 5.41) is 0. The molecule has 1 unspecified atom stereocenters. The fourth-order valence-electron chi connectivity index (χ4n) is 0.957. The quantitative estimate of drug-likeness (QED) is 0.576. The van der Waals surface area contributed by atoms with Crippen LogP contribution in [0.25, 0.3) is 0 Å². The lowest BCUT2D eigenvalue weighted by molar-refractivity contribution is 0.273. The highest BCUT2D eigenvalue weighted by atomic mass is 28.3. The van der Waals surface area contributed by atoms with Crippen LogP contribution in [0.1, 0.15) is 26.7 Å². The molecule has 0 aliphatic carbocycles. The summed E-state index contributed by atoms with van der Waals surface area (Å²) in [7, 11) is 2.23. The Morgan fingerprint density at radius 2 is 1.82 bits per heavy atom. The van der Waals surface area contributed by atoms with Gasteiger partial charge >= 0.3 is 9.28 Å². The Balaban J connectivity index is 3.34. The molecule has 0 heterocycles. The molecule has 1 atom stereocenters. The second-order valence-corrected chi connectivity index (χ2v) is 5.37. The van der Waals surface area contributed by atoms with E-state index in [1.54, 1.807) is 14.2 Å². The highest BCUT2D eigenvalue weighted by Gasteiger charge is 2.10. The molecule has 2 nitrogen and oxygen atoms in total. The van der Waals surface area contributed by atoms with Gasteiger partial charge in [-0.1, -0.05) is 20.3 Å². The predicted octanol–water partition coefficient (Wildman–Crippen LogP) is 1.94. The SMILES string of the molecule is CCC(C)CC[SiH](OC)OC. The fraction of sp³-hybridized carbons (Fsp3) is 1.00. The molecule has 0 aliphatic heterocycles. The summed E-state index contributed by atoms with van der Waals surface area (Å²) in [5.41, 5.74) is 0. The standard InChI is InChI=1S/C8H20O2Si/c1-5-8(2)6-7-11(9-3)10-4/h8,11H,5-7H2,1-4H3. The first-order chi connectivity index (χ1) is 5.24. The molecule has 0 radical (unpaired) electrons. The van der Waals surface area contributed by atoms with Crippen molar-refractivity contribution >= 4 is 9.28 Å². The van der Waals surface area contributed by atoms with E-state index < -0.39 is 9.28 Å². The van der Waals surface area contributed by atoms with Crippen LogP contribution in [0.4, 0.5) is 0 Å². The average Bonchev–Trinajstić information content (AvgIpc) is 2.06. The highest BCUT2D eigenvalue weighted by Crippen LogP contribution is 2.11. The summed E-state index contributed by atoms with van der Waals surface area (Å²) >= 11 is 0. The minimum absolute atomic E-state index is 0.815. The summed E-state index contributed by atoms with van der Waals surface area (Å²) in [4.78, 5) is 0. The van der Waals surface area contributed by atoms with Gasteiger partial charge in [-0.25, -0.2) is 0 Å². The molecule has 3 heteroatoms. The Bertz CT molecular complexity index is 84.2. The van der Waals surface area contributed by atoms with E-state index in [2.05, 4.69) is 13.8 Å². The lowest BCUT2D eigenvalue weighted by Crippen LogP contribution is -2.19. The maximum atomic E-state index is 5.21. The van der Waals surface area contributed by atoms with Gasteiger partial charge in [-0.05, 0) is 18.4 Å². The Labute approximate surface area is 71.7 Å². The van der Waals surface area contributed by atoms with Crippen molar-refractivity contribution < 1.29 is 8.85 Å². The van der Waals surface area contributed by atoms with E-state index in [0.717, 1.165) is 12.0 Å². The molecule has 0 aromatic rings. The van der Waals surface area contributed by atoms with Crippen LogP contribution >= 0.6 is 0 Å². The van der Waals surface area contributed by atoms with Crippen LogP contribution in [0.15, 0.2) is 0 Å². The molecule has 0 spiro atoms. The van der Waals surface area contributed by atoms with Gasteiger partial charge in [0.05, 0.1) is 0 Å². The minimum atomic E-state index is -1.26. The Hall–Kier alpha value is 0.137. The van der Waals surface area contributed by atoms with E-state index in [9.17, 15) is 0 Å². The van der Waals surface area contributed by atoms with Crippen molar-refractivity contribution in [2.45, 2.75) is 32.7 Å².